The predicted octanol–water partition coefficient (Wildman–Crippen LogP) is 5.39. The molecule has 2 amide bonds. The average Bonchev–Trinajstić information content (AvgIpc) is 3.78. The Balaban J connectivity index is 1.49. The van der Waals surface area contributed by atoms with Gasteiger partial charge in [-0.15, -0.1) is 0 Å². The lowest BCUT2D eigenvalue weighted by molar-refractivity contribution is -0.151. The molecule has 5 rings (SSSR count). The van der Waals surface area contributed by atoms with Gasteiger partial charge in [0.1, 0.15) is 6.04 Å². The number of aromatic nitrogens is 2. The largest absolute Gasteiger partial charge is 0.467 e. The molecule has 10 heteroatoms. The topological polar surface area (TPSA) is 112 Å². The highest BCUT2D eigenvalue weighted by Gasteiger charge is 2.37. The second kappa shape index (κ2) is 15.7. The molecule has 250 valence electrons. The number of esters is 1. The summed E-state index contributed by atoms with van der Waals surface area (Å²) >= 11 is 0. The second-order valence-electron chi connectivity index (χ2n) is 12.6. The summed E-state index contributed by atoms with van der Waals surface area (Å²) in [6, 6.07) is 23.0. The van der Waals surface area contributed by atoms with Crippen LogP contribution in [0.15, 0.2) is 79.1 Å². The number of ether oxygens (including phenoxy) is 1. The maximum Gasteiger partial charge on any atom is 0.328 e. The number of amides is 2. The van der Waals surface area contributed by atoms with Crippen LogP contribution in [0.3, 0.4) is 0 Å². The van der Waals surface area contributed by atoms with Crippen LogP contribution < -0.4 is 4.90 Å². The monoisotopic (exact) mass is 648 g/mol. The van der Waals surface area contributed by atoms with Crippen LogP contribution in [0.4, 0.5) is 5.95 Å². The number of hydrogen-bond acceptors (Lipinski definition) is 7. The zero-order valence-electron chi connectivity index (χ0n) is 28.2. The Morgan fingerprint density at radius 3 is 2.54 bits per heavy atom. The molecule has 0 bridgehead atoms. The quantitative estimate of drug-likeness (QED) is 0.179. The number of nitrogens with zero attached hydrogens (tertiary/aromatic N) is 6. The van der Waals surface area contributed by atoms with E-state index in [9.17, 15) is 19.6 Å². The van der Waals surface area contributed by atoms with Gasteiger partial charge in [0.25, 0.3) is 0 Å². The highest BCUT2D eigenvalue weighted by atomic mass is 16.5. The number of methoxy groups -OCH3 is 1. The Bertz CT molecular complexity index is 1770. The van der Waals surface area contributed by atoms with E-state index in [-0.39, 0.29) is 30.3 Å². The fraction of sp³-hybridized carbons (Fsp3) is 0.395. The number of hydrogen-bond donors (Lipinski definition) is 0. The summed E-state index contributed by atoms with van der Waals surface area (Å²) in [4.78, 5) is 50.3. The molecule has 3 atom stereocenters. The first kappa shape index (κ1) is 34.3. The molecule has 2 heterocycles. The van der Waals surface area contributed by atoms with Crippen molar-refractivity contribution < 1.29 is 19.1 Å². The molecule has 10 nitrogen and oxygen atoms in total. The highest BCUT2D eigenvalue weighted by molar-refractivity contribution is 5.91. The zero-order valence-corrected chi connectivity index (χ0v) is 28.2. The summed E-state index contributed by atoms with van der Waals surface area (Å²) in [7, 11) is 1.36. The number of rotatable bonds is 13. The Morgan fingerprint density at radius 1 is 1.08 bits per heavy atom. The molecule has 1 aliphatic heterocycles. The third kappa shape index (κ3) is 7.75. The number of nitriles is 1. The van der Waals surface area contributed by atoms with Crippen LogP contribution in [0.25, 0.3) is 10.8 Å². The fourth-order valence-corrected chi connectivity index (χ4v) is 6.69. The average molecular weight is 649 g/mol. The molecular formula is C38H44N6O4. The molecule has 1 aliphatic rings. The molecule has 0 aliphatic carbocycles. The third-order valence-electron chi connectivity index (χ3n) is 9.44. The first-order valence-electron chi connectivity index (χ1n) is 16.6. The van der Waals surface area contributed by atoms with Gasteiger partial charge in [0.15, 0.2) is 0 Å². The smallest absolute Gasteiger partial charge is 0.328 e. The van der Waals surface area contributed by atoms with Gasteiger partial charge in [-0.1, -0.05) is 74.9 Å². The Morgan fingerprint density at radius 2 is 1.83 bits per heavy atom. The number of carbonyl (C=O) groups excluding carboxylic acids is 3. The van der Waals surface area contributed by atoms with Gasteiger partial charge in [-0.2, -0.15) is 5.26 Å². The van der Waals surface area contributed by atoms with Crippen molar-refractivity contribution in [2.75, 3.05) is 31.6 Å². The lowest BCUT2D eigenvalue weighted by Gasteiger charge is -2.38. The summed E-state index contributed by atoms with van der Waals surface area (Å²) in [6.07, 6.45) is 5.67. The lowest BCUT2D eigenvalue weighted by atomic mass is 9.96. The van der Waals surface area contributed by atoms with Crippen LogP contribution in [-0.4, -0.2) is 76.0 Å². The predicted molar refractivity (Wildman–Crippen MR) is 185 cm³/mol. The van der Waals surface area contributed by atoms with Gasteiger partial charge in [-0.25, -0.2) is 9.78 Å². The normalized spacial score (nSPS) is 15.7. The SMILES string of the molecule is CC[C@H](C)[C@@H](CN(CC(=O)N1CCC[C@H]1C(=O)OC)Cc1cccc2ccccc12)N(C(C)=O)c1nccn1Cc1ccc(C#N)cc1. The van der Waals surface area contributed by atoms with Crippen LogP contribution in [0.1, 0.15) is 56.7 Å². The minimum atomic E-state index is -0.587. The van der Waals surface area contributed by atoms with E-state index < -0.39 is 12.0 Å². The molecule has 1 fully saturated rings. The van der Waals surface area contributed by atoms with Crippen LogP contribution in [0.2, 0.25) is 0 Å². The molecular weight excluding hydrogens is 604 g/mol. The first-order chi connectivity index (χ1) is 23.2. The number of anilines is 1. The van der Waals surface area contributed by atoms with Gasteiger partial charge >= 0.3 is 5.97 Å². The first-order valence-corrected chi connectivity index (χ1v) is 16.6. The minimum Gasteiger partial charge on any atom is -0.467 e. The van der Waals surface area contributed by atoms with E-state index in [1.807, 2.05) is 41.1 Å². The number of fused-ring (bicyclic) bond motifs is 1. The molecule has 1 aromatic heterocycles. The van der Waals surface area contributed by atoms with Crippen molar-refractivity contribution in [2.24, 2.45) is 5.92 Å². The summed E-state index contributed by atoms with van der Waals surface area (Å²) in [5, 5.41) is 11.4. The van der Waals surface area contributed by atoms with E-state index in [0.717, 1.165) is 34.7 Å². The van der Waals surface area contributed by atoms with Crippen molar-refractivity contribution in [3.05, 3.63) is 95.8 Å². The van der Waals surface area contributed by atoms with Crippen LogP contribution >= 0.6 is 0 Å². The molecule has 0 radical (unpaired) electrons. The standard InChI is InChI=1S/C38H44N6O4/c1-5-27(2)35(44(28(3)45)38-40-19-21-42(38)23-30-17-15-29(22-39)16-18-30)25-41(24-32-12-8-11-31-10-6-7-13-33(31)32)26-36(46)43-20-9-14-34(43)37(47)48-4/h6-8,10-13,15-19,21,27,34-35H,5,9,14,20,23-26H2,1-4H3/t27-,34-,35+/m0/s1. The molecule has 0 unspecified atom stereocenters. The highest BCUT2D eigenvalue weighted by Crippen LogP contribution is 2.27. The number of likely N-dealkylation sites (tertiary alicyclic amines) is 1. The van der Waals surface area contributed by atoms with E-state index in [2.05, 4.69) is 54.1 Å². The van der Waals surface area contributed by atoms with E-state index in [0.29, 0.717) is 44.1 Å². The van der Waals surface area contributed by atoms with Gasteiger partial charge in [0, 0.05) is 39.0 Å². The van der Waals surface area contributed by atoms with E-state index in [1.54, 1.807) is 35.1 Å². The molecule has 4 aromatic rings. The van der Waals surface area contributed by atoms with Gasteiger partial charge in [-0.3, -0.25) is 19.4 Å². The van der Waals surface area contributed by atoms with Crippen molar-refractivity contribution in [3.8, 4) is 6.07 Å². The van der Waals surface area contributed by atoms with Crippen LogP contribution in [0.5, 0.6) is 0 Å². The van der Waals surface area contributed by atoms with Crippen LogP contribution in [-0.2, 0) is 32.2 Å². The van der Waals surface area contributed by atoms with Gasteiger partial charge in [0.2, 0.25) is 17.8 Å². The van der Waals surface area contributed by atoms with Gasteiger partial charge in [-0.05, 0) is 52.8 Å². The number of imidazole rings is 1. The Hall–Kier alpha value is -5.01. The third-order valence-corrected chi connectivity index (χ3v) is 9.44. The summed E-state index contributed by atoms with van der Waals surface area (Å²) in [5.41, 5.74) is 2.64. The lowest BCUT2D eigenvalue weighted by Crippen LogP contribution is -2.53. The second-order valence-corrected chi connectivity index (χ2v) is 12.6. The maximum absolute atomic E-state index is 14.0. The number of carbonyl (C=O) groups is 3. The summed E-state index contributed by atoms with van der Waals surface area (Å²) in [5.74, 6) is -0.0829. The molecule has 1 saturated heterocycles. The Labute approximate surface area is 282 Å². The van der Waals surface area contributed by atoms with Gasteiger partial charge in [0.05, 0.1) is 37.9 Å². The van der Waals surface area contributed by atoms with E-state index in [4.69, 9.17) is 4.74 Å². The minimum absolute atomic E-state index is 0.0636. The molecule has 0 spiro atoms. The van der Waals surface area contributed by atoms with E-state index in [1.165, 1.54) is 7.11 Å². The summed E-state index contributed by atoms with van der Waals surface area (Å²) < 4.78 is 6.97. The Kier molecular flexibility index (Phi) is 11.2. The molecule has 48 heavy (non-hydrogen) atoms. The fourth-order valence-electron chi connectivity index (χ4n) is 6.69. The van der Waals surface area contributed by atoms with Crippen molar-refractivity contribution in [2.45, 2.75) is 65.2 Å². The van der Waals surface area contributed by atoms with Crippen molar-refractivity contribution in [1.29, 1.82) is 5.26 Å². The van der Waals surface area contributed by atoms with Crippen molar-refractivity contribution in [3.63, 3.8) is 0 Å². The number of benzene rings is 3. The zero-order chi connectivity index (χ0) is 34.2. The van der Waals surface area contributed by atoms with Crippen LogP contribution in [0, 0.1) is 17.2 Å². The summed E-state index contributed by atoms with van der Waals surface area (Å²) in [6.45, 7) is 7.72. The van der Waals surface area contributed by atoms with Gasteiger partial charge < -0.3 is 14.2 Å². The molecule has 0 N–H and O–H groups in total. The maximum atomic E-state index is 14.0. The molecule has 0 saturated carbocycles. The van der Waals surface area contributed by atoms with E-state index >= 15 is 0 Å². The molecule has 3 aromatic carbocycles. The van der Waals surface area contributed by atoms with Crippen molar-refractivity contribution in [1.82, 2.24) is 19.4 Å². The van der Waals surface area contributed by atoms with Crippen molar-refractivity contribution >= 4 is 34.5 Å².